The number of allylic oxidation sites excluding steroid dienone is 1. The molecule has 0 aliphatic rings. The van der Waals surface area contributed by atoms with E-state index in [2.05, 4.69) is 0 Å². The van der Waals surface area contributed by atoms with Gasteiger partial charge in [-0.1, -0.05) is 0 Å². The fourth-order valence-corrected chi connectivity index (χ4v) is 1.06. The van der Waals surface area contributed by atoms with Crippen LogP contribution in [-0.4, -0.2) is 41.9 Å². The van der Waals surface area contributed by atoms with Gasteiger partial charge in [0.2, 0.25) is 5.95 Å². The zero-order valence-corrected chi connectivity index (χ0v) is 10.9. The molecule has 0 amide bonds. The molecule has 0 saturated carbocycles. The summed E-state index contributed by atoms with van der Waals surface area (Å²) < 4.78 is 163. The van der Waals surface area contributed by atoms with E-state index in [4.69, 9.17) is 0 Å². The van der Waals surface area contributed by atoms with Crippen LogP contribution in [0.3, 0.4) is 0 Å². The Morgan fingerprint density at radius 3 is 1.30 bits per heavy atom. The maximum atomic E-state index is 13.2. The topological polar surface area (TPSA) is 3.24 Å². The molecule has 14 heteroatoms. The average molecular weight is 375 g/mol. The summed E-state index contributed by atoms with van der Waals surface area (Å²) in [7, 11) is -0.654. The van der Waals surface area contributed by atoms with Crippen LogP contribution in [0.1, 0.15) is 6.92 Å². The zero-order valence-electron chi connectivity index (χ0n) is 10.9. The van der Waals surface area contributed by atoms with Crippen molar-refractivity contribution in [2.45, 2.75) is 36.9 Å². The van der Waals surface area contributed by atoms with Crippen molar-refractivity contribution in [2.24, 2.45) is 0 Å². The molecule has 23 heavy (non-hydrogen) atoms. The van der Waals surface area contributed by atoms with Crippen molar-refractivity contribution in [3.63, 3.8) is 0 Å². The predicted octanol–water partition coefficient (Wildman–Crippen LogP) is 5.11. The number of alkyl halides is 11. The lowest BCUT2D eigenvalue weighted by atomic mass is 10.0. The third-order valence-corrected chi connectivity index (χ3v) is 2.47. The lowest BCUT2D eigenvalue weighted by molar-refractivity contribution is -0.388. The lowest BCUT2D eigenvalue weighted by Crippen LogP contribution is -2.65. The standard InChI is InChI=1S/C9H6F13N/c1-5(12,13)7(17,18)8(19,20)9(21,22)23(2)4(11)3(10)6(14,15)16/h1-2H3/b4-3-. The fraction of sp³-hybridized carbons (Fsp3) is 0.778. The van der Waals surface area contributed by atoms with Crippen molar-refractivity contribution < 1.29 is 57.1 Å². The maximum Gasteiger partial charge on any atom is 0.447 e. The van der Waals surface area contributed by atoms with Crippen LogP contribution in [0.4, 0.5) is 57.1 Å². The first kappa shape index (κ1) is 21.6. The zero-order chi connectivity index (χ0) is 19.2. The summed E-state index contributed by atoms with van der Waals surface area (Å²) in [5, 5.41) is 0. The minimum Gasteiger partial charge on any atom is -0.285 e. The monoisotopic (exact) mass is 375 g/mol. The number of rotatable bonds is 5. The van der Waals surface area contributed by atoms with E-state index in [-0.39, 0.29) is 0 Å². The Hall–Kier alpha value is -1.37. The molecule has 0 saturated heterocycles. The second-order valence-corrected chi connectivity index (χ2v) is 4.24. The summed E-state index contributed by atoms with van der Waals surface area (Å²) in [6, 6.07) is -6.64. The Bertz CT molecular complexity index is 469. The van der Waals surface area contributed by atoms with E-state index in [0.717, 1.165) is 0 Å². The van der Waals surface area contributed by atoms with Crippen molar-refractivity contribution in [2.75, 3.05) is 7.05 Å². The number of hydrogen-bond acceptors (Lipinski definition) is 1. The van der Waals surface area contributed by atoms with Crippen LogP contribution in [0.2, 0.25) is 0 Å². The van der Waals surface area contributed by atoms with Crippen LogP contribution in [0.15, 0.2) is 11.8 Å². The molecular formula is C9H6F13N. The molecule has 0 atom stereocenters. The highest BCUT2D eigenvalue weighted by Crippen LogP contribution is 2.54. The van der Waals surface area contributed by atoms with Crippen LogP contribution in [-0.2, 0) is 0 Å². The first-order chi connectivity index (χ1) is 9.73. The van der Waals surface area contributed by atoms with Crippen LogP contribution >= 0.6 is 0 Å². The van der Waals surface area contributed by atoms with Crippen molar-refractivity contribution >= 4 is 0 Å². The molecule has 0 fully saturated rings. The predicted molar refractivity (Wildman–Crippen MR) is 48.5 cm³/mol. The molecule has 0 aromatic rings. The highest BCUT2D eigenvalue weighted by molar-refractivity contribution is 5.10. The fourth-order valence-electron chi connectivity index (χ4n) is 1.06. The maximum absolute atomic E-state index is 13.2. The quantitative estimate of drug-likeness (QED) is 0.477. The van der Waals surface area contributed by atoms with E-state index in [1.54, 1.807) is 0 Å². The smallest absolute Gasteiger partial charge is 0.285 e. The highest BCUT2D eigenvalue weighted by Gasteiger charge is 2.81. The Labute approximate surface area is 119 Å². The van der Waals surface area contributed by atoms with Crippen LogP contribution in [0, 0.1) is 0 Å². The van der Waals surface area contributed by atoms with Gasteiger partial charge >= 0.3 is 30.0 Å². The van der Waals surface area contributed by atoms with E-state index in [9.17, 15) is 57.1 Å². The Morgan fingerprint density at radius 1 is 0.696 bits per heavy atom. The largest absolute Gasteiger partial charge is 0.447 e. The van der Waals surface area contributed by atoms with Crippen LogP contribution < -0.4 is 0 Å². The van der Waals surface area contributed by atoms with Gasteiger partial charge in [0.25, 0.3) is 5.83 Å². The van der Waals surface area contributed by atoms with Crippen molar-refractivity contribution in [1.82, 2.24) is 4.90 Å². The van der Waals surface area contributed by atoms with E-state index in [1.807, 2.05) is 0 Å². The third-order valence-electron chi connectivity index (χ3n) is 2.47. The van der Waals surface area contributed by atoms with Crippen molar-refractivity contribution in [3.05, 3.63) is 11.8 Å². The molecule has 0 heterocycles. The molecular weight excluding hydrogens is 369 g/mol. The summed E-state index contributed by atoms with van der Waals surface area (Å²) >= 11 is 0. The van der Waals surface area contributed by atoms with E-state index >= 15 is 0 Å². The van der Waals surface area contributed by atoms with Gasteiger partial charge in [0.05, 0.1) is 0 Å². The Balaban J connectivity index is 6.09. The van der Waals surface area contributed by atoms with Gasteiger partial charge < -0.3 is 0 Å². The van der Waals surface area contributed by atoms with E-state index < -0.39 is 60.6 Å². The number of nitrogens with zero attached hydrogens (tertiary/aromatic N) is 1. The molecule has 0 N–H and O–H groups in total. The van der Waals surface area contributed by atoms with E-state index in [0.29, 0.717) is 0 Å². The van der Waals surface area contributed by atoms with Crippen LogP contribution in [0.25, 0.3) is 0 Å². The van der Waals surface area contributed by atoms with Gasteiger partial charge in [-0.05, 0) is 0 Å². The SMILES string of the molecule is CN(/C(F)=C(\F)C(F)(F)F)C(F)(F)C(F)(F)C(F)(F)C(C)(F)F. The summed E-state index contributed by atoms with van der Waals surface area (Å²) in [6.07, 6.45) is -6.25. The molecule has 1 nitrogen and oxygen atoms in total. The molecule has 138 valence electrons. The molecule has 0 spiro atoms. The summed E-state index contributed by atoms with van der Waals surface area (Å²) in [6.45, 7) is -0.876. The average Bonchev–Trinajstić information content (AvgIpc) is 2.32. The van der Waals surface area contributed by atoms with Gasteiger partial charge in [-0.2, -0.15) is 57.1 Å². The minimum atomic E-state index is -7.06. The van der Waals surface area contributed by atoms with Gasteiger partial charge in [0.1, 0.15) is 0 Å². The third kappa shape index (κ3) is 3.44. The van der Waals surface area contributed by atoms with Gasteiger partial charge in [-0.25, -0.2) is 0 Å². The molecule has 0 aliphatic carbocycles. The molecule has 0 aromatic heterocycles. The molecule has 0 aliphatic heterocycles. The van der Waals surface area contributed by atoms with Crippen molar-refractivity contribution in [3.8, 4) is 0 Å². The highest BCUT2D eigenvalue weighted by atomic mass is 19.4. The first-order valence-electron chi connectivity index (χ1n) is 5.10. The Morgan fingerprint density at radius 2 is 1.04 bits per heavy atom. The summed E-state index contributed by atoms with van der Waals surface area (Å²) in [5.41, 5.74) is 0. The summed E-state index contributed by atoms with van der Waals surface area (Å²) in [5.74, 6) is -27.3. The van der Waals surface area contributed by atoms with Crippen molar-refractivity contribution in [1.29, 1.82) is 0 Å². The van der Waals surface area contributed by atoms with Gasteiger partial charge in [-0.15, -0.1) is 0 Å². The molecule has 0 bridgehead atoms. The summed E-state index contributed by atoms with van der Waals surface area (Å²) in [4.78, 5) is -2.14. The molecule has 0 aromatic carbocycles. The van der Waals surface area contributed by atoms with E-state index in [1.165, 1.54) is 0 Å². The normalized spacial score (nSPS) is 16.3. The molecule has 0 rings (SSSR count). The minimum absolute atomic E-state index is 0.654. The molecule has 0 unspecified atom stereocenters. The molecule has 0 radical (unpaired) electrons. The van der Waals surface area contributed by atoms with Gasteiger partial charge in [-0.3, -0.25) is 4.90 Å². The first-order valence-corrected chi connectivity index (χ1v) is 5.10. The second-order valence-electron chi connectivity index (χ2n) is 4.24. The van der Waals surface area contributed by atoms with Gasteiger partial charge in [0.15, 0.2) is 0 Å². The van der Waals surface area contributed by atoms with Crippen LogP contribution in [0.5, 0.6) is 0 Å². The second kappa shape index (κ2) is 5.61. The number of hydrogen-bond donors (Lipinski definition) is 0. The Kier molecular flexibility index (Phi) is 5.28. The van der Waals surface area contributed by atoms with Gasteiger partial charge in [0, 0.05) is 14.0 Å². The number of halogens is 13. The lowest BCUT2D eigenvalue weighted by Gasteiger charge is -2.39.